The number of furan rings is 1. The van der Waals surface area contributed by atoms with Gasteiger partial charge in [-0.1, -0.05) is 0 Å². The van der Waals surface area contributed by atoms with E-state index in [1.807, 2.05) is 26.0 Å². The summed E-state index contributed by atoms with van der Waals surface area (Å²) in [4.78, 5) is 0. The summed E-state index contributed by atoms with van der Waals surface area (Å²) in [5, 5.41) is 3.50. The summed E-state index contributed by atoms with van der Waals surface area (Å²) in [6.45, 7) is 6.75. The Bertz CT molecular complexity index is 638. The molecule has 0 amide bonds. The summed E-state index contributed by atoms with van der Waals surface area (Å²) in [6, 6.07) is 6.16. The maximum atomic E-state index is 5.59. The minimum Gasteiger partial charge on any atom is -0.493 e. The van der Waals surface area contributed by atoms with Crippen LogP contribution in [0.1, 0.15) is 35.6 Å². The van der Waals surface area contributed by atoms with Gasteiger partial charge in [0, 0.05) is 18.2 Å². The summed E-state index contributed by atoms with van der Waals surface area (Å²) in [5.74, 6) is 3.80. The van der Waals surface area contributed by atoms with Crippen LogP contribution in [0.3, 0.4) is 0 Å². The predicted molar refractivity (Wildman–Crippen MR) is 89.5 cm³/mol. The molecule has 0 radical (unpaired) electrons. The lowest BCUT2D eigenvalue weighted by Crippen LogP contribution is -2.18. The number of methoxy groups -OCH3 is 3. The second-order valence-corrected chi connectivity index (χ2v) is 5.50. The Morgan fingerprint density at radius 2 is 1.61 bits per heavy atom. The lowest BCUT2D eigenvalue weighted by atomic mass is 10.1. The van der Waals surface area contributed by atoms with Gasteiger partial charge in [0.05, 0.1) is 21.3 Å². The Balaban J connectivity index is 2.15. The highest BCUT2D eigenvalue weighted by molar-refractivity contribution is 5.53. The predicted octanol–water partition coefficient (Wildman–Crippen LogP) is 3.77. The van der Waals surface area contributed by atoms with E-state index in [-0.39, 0.29) is 6.04 Å². The van der Waals surface area contributed by atoms with Crippen molar-refractivity contribution in [1.82, 2.24) is 5.32 Å². The number of aryl methyl sites for hydroxylation is 2. The van der Waals surface area contributed by atoms with E-state index in [1.54, 1.807) is 21.3 Å². The van der Waals surface area contributed by atoms with Gasteiger partial charge in [-0.05, 0) is 44.5 Å². The van der Waals surface area contributed by atoms with E-state index in [0.29, 0.717) is 23.8 Å². The monoisotopic (exact) mass is 319 g/mol. The van der Waals surface area contributed by atoms with Crippen molar-refractivity contribution in [3.8, 4) is 17.2 Å². The molecule has 0 spiro atoms. The summed E-state index contributed by atoms with van der Waals surface area (Å²) in [6.07, 6.45) is 0. The Hall–Kier alpha value is -2.14. The zero-order valence-corrected chi connectivity index (χ0v) is 14.6. The van der Waals surface area contributed by atoms with Gasteiger partial charge in [0.1, 0.15) is 11.5 Å². The van der Waals surface area contributed by atoms with E-state index >= 15 is 0 Å². The molecule has 126 valence electrons. The highest BCUT2D eigenvalue weighted by atomic mass is 16.5. The lowest BCUT2D eigenvalue weighted by Gasteiger charge is -2.16. The highest BCUT2D eigenvalue weighted by Gasteiger charge is 2.15. The Labute approximate surface area is 137 Å². The SMILES string of the molecule is COc1cc(CNC(C)c2cc(C)oc2C)cc(OC)c1OC. The lowest BCUT2D eigenvalue weighted by molar-refractivity contribution is 0.323. The number of benzene rings is 1. The maximum absolute atomic E-state index is 5.59. The molecule has 5 heteroatoms. The standard InChI is InChI=1S/C18H25NO4/c1-11-7-15(13(3)23-11)12(2)19-10-14-8-16(20-4)18(22-6)17(9-14)21-5/h7-9,12,19H,10H2,1-6H3. The average molecular weight is 319 g/mol. The van der Waals surface area contributed by atoms with E-state index in [9.17, 15) is 0 Å². The van der Waals surface area contributed by atoms with Crippen LogP contribution in [0.25, 0.3) is 0 Å². The first-order valence-electron chi connectivity index (χ1n) is 7.59. The molecular weight excluding hydrogens is 294 g/mol. The van der Waals surface area contributed by atoms with Gasteiger partial charge in [-0.2, -0.15) is 0 Å². The van der Waals surface area contributed by atoms with Gasteiger partial charge in [-0.15, -0.1) is 0 Å². The highest BCUT2D eigenvalue weighted by Crippen LogP contribution is 2.38. The van der Waals surface area contributed by atoms with Gasteiger partial charge in [0.15, 0.2) is 11.5 Å². The van der Waals surface area contributed by atoms with Crippen LogP contribution in [0.15, 0.2) is 22.6 Å². The van der Waals surface area contributed by atoms with Gasteiger partial charge in [0.25, 0.3) is 0 Å². The molecule has 1 aromatic carbocycles. The van der Waals surface area contributed by atoms with Gasteiger partial charge < -0.3 is 23.9 Å². The molecule has 0 aliphatic heterocycles. The van der Waals surface area contributed by atoms with Crippen molar-refractivity contribution in [3.63, 3.8) is 0 Å². The molecule has 0 fully saturated rings. The Morgan fingerprint density at radius 3 is 2.04 bits per heavy atom. The molecule has 1 aromatic heterocycles. The van der Waals surface area contributed by atoms with Crippen LogP contribution >= 0.6 is 0 Å². The number of ether oxygens (including phenoxy) is 3. The third kappa shape index (κ3) is 3.79. The summed E-state index contributed by atoms with van der Waals surface area (Å²) < 4.78 is 21.7. The first kappa shape index (κ1) is 17.2. The van der Waals surface area contributed by atoms with Gasteiger partial charge >= 0.3 is 0 Å². The molecule has 0 aliphatic rings. The van der Waals surface area contributed by atoms with Crippen LogP contribution in [0.4, 0.5) is 0 Å². The molecule has 2 rings (SSSR count). The molecule has 1 N–H and O–H groups in total. The maximum Gasteiger partial charge on any atom is 0.203 e. The minimum atomic E-state index is 0.187. The Morgan fingerprint density at radius 1 is 1.00 bits per heavy atom. The minimum absolute atomic E-state index is 0.187. The van der Waals surface area contributed by atoms with E-state index in [4.69, 9.17) is 18.6 Å². The Kier molecular flexibility index (Phi) is 5.55. The fourth-order valence-electron chi connectivity index (χ4n) is 2.70. The van der Waals surface area contributed by atoms with Crippen LogP contribution < -0.4 is 19.5 Å². The van der Waals surface area contributed by atoms with Crippen molar-refractivity contribution in [2.24, 2.45) is 0 Å². The molecule has 0 saturated heterocycles. The van der Waals surface area contributed by atoms with Crippen LogP contribution in [-0.2, 0) is 6.54 Å². The zero-order chi connectivity index (χ0) is 17.0. The quantitative estimate of drug-likeness (QED) is 0.842. The summed E-state index contributed by atoms with van der Waals surface area (Å²) >= 11 is 0. The molecule has 5 nitrogen and oxygen atoms in total. The normalized spacial score (nSPS) is 12.1. The molecular formula is C18H25NO4. The molecule has 0 aliphatic carbocycles. The third-order valence-corrected chi connectivity index (χ3v) is 3.88. The smallest absolute Gasteiger partial charge is 0.203 e. The fourth-order valence-corrected chi connectivity index (χ4v) is 2.70. The van der Waals surface area contributed by atoms with E-state index in [1.165, 1.54) is 5.56 Å². The number of nitrogens with one attached hydrogen (secondary N) is 1. The molecule has 1 heterocycles. The second kappa shape index (κ2) is 7.42. The van der Waals surface area contributed by atoms with E-state index in [2.05, 4.69) is 18.3 Å². The van der Waals surface area contributed by atoms with Gasteiger partial charge in [0.2, 0.25) is 5.75 Å². The van der Waals surface area contributed by atoms with Gasteiger partial charge in [-0.3, -0.25) is 0 Å². The summed E-state index contributed by atoms with van der Waals surface area (Å²) in [7, 11) is 4.84. The van der Waals surface area contributed by atoms with Crippen molar-refractivity contribution in [3.05, 3.63) is 40.8 Å². The molecule has 2 aromatic rings. The van der Waals surface area contributed by atoms with Crippen LogP contribution in [0.5, 0.6) is 17.2 Å². The number of rotatable bonds is 7. The van der Waals surface area contributed by atoms with Crippen molar-refractivity contribution in [1.29, 1.82) is 0 Å². The van der Waals surface area contributed by atoms with Crippen LogP contribution in [0.2, 0.25) is 0 Å². The first-order chi connectivity index (χ1) is 11.0. The van der Waals surface area contributed by atoms with Gasteiger partial charge in [-0.25, -0.2) is 0 Å². The first-order valence-corrected chi connectivity index (χ1v) is 7.59. The fraction of sp³-hybridized carbons (Fsp3) is 0.444. The topological polar surface area (TPSA) is 52.9 Å². The molecule has 23 heavy (non-hydrogen) atoms. The summed E-state index contributed by atoms with van der Waals surface area (Å²) in [5.41, 5.74) is 2.24. The van der Waals surface area contributed by atoms with Crippen molar-refractivity contribution >= 4 is 0 Å². The van der Waals surface area contributed by atoms with Crippen LogP contribution in [0, 0.1) is 13.8 Å². The largest absolute Gasteiger partial charge is 0.493 e. The average Bonchev–Trinajstić information content (AvgIpc) is 2.89. The van der Waals surface area contributed by atoms with Crippen LogP contribution in [-0.4, -0.2) is 21.3 Å². The zero-order valence-electron chi connectivity index (χ0n) is 14.6. The molecule has 1 unspecified atom stereocenters. The third-order valence-electron chi connectivity index (χ3n) is 3.88. The molecule has 1 atom stereocenters. The number of hydrogen-bond acceptors (Lipinski definition) is 5. The van der Waals surface area contributed by atoms with Crippen molar-refractivity contribution in [2.45, 2.75) is 33.4 Å². The van der Waals surface area contributed by atoms with E-state index < -0.39 is 0 Å². The molecule has 0 saturated carbocycles. The van der Waals surface area contributed by atoms with Crippen molar-refractivity contribution < 1.29 is 18.6 Å². The van der Waals surface area contributed by atoms with E-state index in [0.717, 1.165) is 17.1 Å². The van der Waals surface area contributed by atoms with Crippen molar-refractivity contribution in [2.75, 3.05) is 21.3 Å². The molecule has 0 bridgehead atoms. The number of hydrogen-bond donors (Lipinski definition) is 1. The second-order valence-electron chi connectivity index (χ2n) is 5.50.